The molecule has 0 spiro atoms. The Labute approximate surface area is 227 Å². The molecule has 7 nitrogen and oxygen atoms in total. The van der Waals surface area contributed by atoms with E-state index in [1.54, 1.807) is 43.4 Å². The Hall–Kier alpha value is -3.74. The molecule has 204 valence electrons. The van der Waals surface area contributed by atoms with Gasteiger partial charge in [-0.2, -0.15) is 0 Å². The van der Waals surface area contributed by atoms with Gasteiger partial charge in [0.25, 0.3) is 5.91 Å². The standard InChI is InChI=1S/C31H41N3O4/c1-23(2)19-33(30(36)25-12-9-15-28(18-25)38-7)22-29(35)34(31(3,4)5)21-26-13-10-16-32(26)20-24-11-8-14-27(17-24)37-6/h8-18,23H,19-22H2,1-7H3. The summed E-state index contributed by atoms with van der Waals surface area (Å²) in [6.07, 6.45) is 2.03. The normalized spacial score (nSPS) is 11.4. The summed E-state index contributed by atoms with van der Waals surface area (Å²) in [5.41, 5.74) is 2.20. The van der Waals surface area contributed by atoms with Crippen LogP contribution in [0, 0.1) is 5.92 Å². The number of amides is 2. The minimum Gasteiger partial charge on any atom is -0.497 e. The second-order valence-corrected chi connectivity index (χ2v) is 10.9. The van der Waals surface area contributed by atoms with E-state index in [9.17, 15) is 9.59 Å². The van der Waals surface area contributed by atoms with Crippen molar-refractivity contribution in [1.29, 1.82) is 0 Å². The molecule has 3 rings (SSSR count). The first-order valence-electron chi connectivity index (χ1n) is 13.0. The second kappa shape index (κ2) is 12.7. The van der Waals surface area contributed by atoms with Crippen molar-refractivity contribution in [2.45, 2.75) is 53.2 Å². The maximum atomic E-state index is 13.8. The number of nitrogens with zero attached hydrogens (tertiary/aromatic N) is 3. The van der Waals surface area contributed by atoms with Crippen LogP contribution in [0.1, 0.15) is 56.2 Å². The molecule has 7 heteroatoms. The fourth-order valence-corrected chi connectivity index (χ4v) is 4.42. The van der Waals surface area contributed by atoms with Crippen molar-refractivity contribution in [3.63, 3.8) is 0 Å². The van der Waals surface area contributed by atoms with Crippen LogP contribution in [0.5, 0.6) is 11.5 Å². The van der Waals surface area contributed by atoms with Gasteiger partial charge in [-0.05, 0) is 74.7 Å². The number of carbonyl (C=O) groups is 2. The first-order chi connectivity index (χ1) is 18.0. The van der Waals surface area contributed by atoms with Crippen LogP contribution in [0.25, 0.3) is 0 Å². The van der Waals surface area contributed by atoms with Crippen LogP contribution in [0.2, 0.25) is 0 Å². The van der Waals surface area contributed by atoms with E-state index in [4.69, 9.17) is 9.47 Å². The van der Waals surface area contributed by atoms with Crippen molar-refractivity contribution in [3.8, 4) is 11.5 Å². The number of carbonyl (C=O) groups excluding carboxylic acids is 2. The minimum absolute atomic E-state index is 0.00207. The number of hydrogen-bond acceptors (Lipinski definition) is 4. The van der Waals surface area contributed by atoms with Gasteiger partial charge in [-0.15, -0.1) is 0 Å². The fraction of sp³-hybridized carbons (Fsp3) is 0.419. The average molecular weight is 520 g/mol. The summed E-state index contributed by atoms with van der Waals surface area (Å²) in [7, 11) is 3.24. The third-order valence-electron chi connectivity index (χ3n) is 6.36. The van der Waals surface area contributed by atoms with E-state index in [-0.39, 0.29) is 24.3 Å². The predicted octanol–water partition coefficient (Wildman–Crippen LogP) is 5.48. The summed E-state index contributed by atoms with van der Waals surface area (Å²) in [5.74, 6) is 1.36. The van der Waals surface area contributed by atoms with Crippen LogP contribution in [0.15, 0.2) is 66.9 Å². The van der Waals surface area contributed by atoms with Crippen molar-refractivity contribution in [2.75, 3.05) is 27.3 Å². The van der Waals surface area contributed by atoms with Gasteiger partial charge < -0.3 is 23.8 Å². The van der Waals surface area contributed by atoms with Crippen LogP contribution in [-0.4, -0.2) is 59.0 Å². The maximum absolute atomic E-state index is 13.8. The number of ether oxygens (including phenoxy) is 2. The highest BCUT2D eigenvalue weighted by Crippen LogP contribution is 2.22. The van der Waals surface area contributed by atoms with E-state index in [2.05, 4.69) is 10.6 Å². The summed E-state index contributed by atoms with van der Waals surface area (Å²) < 4.78 is 12.8. The predicted molar refractivity (Wildman–Crippen MR) is 151 cm³/mol. The van der Waals surface area contributed by atoms with Gasteiger partial charge in [0.05, 0.1) is 20.8 Å². The number of rotatable bonds is 11. The number of benzene rings is 2. The van der Waals surface area contributed by atoms with E-state index in [0.717, 1.165) is 17.0 Å². The van der Waals surface area contributed by atoms with Crippen molar-refractivity contribution >= 4 is 11.8 Å². The molecule has 0 radical (unpaired) electrons. The Balaban J connectivity index is 1.82. The largest absolute Gasteiger partial charge is 0.497 e. The quantitative estimate of drug-likeness (QED) is 0.337. The summed E-state index contributed by atoms with van der Waals surface area (Å²) in [6, 6.07) is 19.1. The monoisotopic (exact) mass is 519 g/mol. The first-order valence-corrected chi connectivity index (χ1v) is 13.0. The summed E-state index contributed by atoms with van der Waals surface area (Å²) in [5, 5.41) is 0. The van der Waals surface area contributed by atoms with Gasteiger partial charge in [-0.3, -0.25) is 9.59 Å². The Morgan fingerprint density at radius 2 is 1.58 bits per heavy atom. The molecule has 3 aromatic rings. The SMILES string of the molecule is COc1cccc(Cn2cccc2CN(C(=O)CN(CC(C)C)C(=O)c2cccc(OC)c2)C(C)(C)C)c1. The molecule has 0 saturated carbocycles. The molecule has 0 aliphatic heterocycles. The Bertz CT molecular complexity index is 1230. The summed E-state index contributed by atoms with van der Waals surface area (Å²) in [4.78, 5) is 30.8. The van der Waals surface area contributed by atoms with Gasteiger partial charge >= 0.3 is 0 Å². The highest BCUT2D eigenvalue weighted by Gasteiger charge is 2.30. The van der Waals surface area contributed by atoms with Crippen LogP contribution < -0.4 is 9.47 Å². The topological polar surface area (TPSA) is 64.0 Å². The molecule has 38 heavy (non-hydrogen) atoms. The van der Waals surface area contributed by atoms with Gasteiger partial charge in [0, 0.05) is 36.1 Å². The van der Waals surface area contributed by atoms with Crippen LogP contribution in [0.4, 0.5) is 0 Å². The van der Waals surface area contributed by atoms with Crippen molar-refractivity contribution in [1.82, 2.24) is 14.4 Å². The van der Waals surface area contributed by atoms with Gasteiger partial charge in [0.2, 0.25) is 5.91 Å². The molecule has 2 aromatic carbocycles. The van der Waals surface area contributed by atoms with Gasteiger partial charge in [-0.1, -0.05) is 32.0 Å². The number of methoxy groups -OCH3 is 2. The van der Waals surface area contributed by atoms with Crippen LogP contribution in [0.3, 0.4) is 0 Å². The molecule has 0 saturated heterocycles. The van der Waals surface area contributed by atoms with E-state index in [1.807, 2.05) is 76.0 Å². The van der Waals surface area contributed by atoms with E-state index in [0.29, 0.717) is 30.9 Å². The zero-order chi connectivity index (χ0) is 27.9. The zero-order valence-electron chi connectivity index (χ0n) is 23.7. The van der Waals surface area contributed by atoms with Crippen LogP contribution in [-0.2, 0) is 17.9 Å². The maximum Gasteiger partial charge on any atom is 0.254 e. The summed E-state index contributed by atoms with van der Waals surface area (Å²) in [6.45, 7) is 11.7. The first kappa shape index (κ1) is 28.8. The number of aromatic nitrogens is 1. The smallest absolute Gasteiger partial charge is 0.254 e. The molecule has 0 unspecified atom stereocenters. The Morgan fingerprint density at radius 1 is 0.921 bits per heavy atom. The van der Waals surface area contributed by atoms with Crippen molar-refractivity contribution in [3.05, 3.63) is 83.7 Å². The lowest BCUT2D eigenvalue weighted by Gasteiger charge is -2.38. The molecule has 0 bridgehead atoms. The molecular weight excluding hydrogens is 478 g/mol. The third-order valence-corrected chi connectivity index (χ3v) is 6.36. The fourth-order valence-electron chi connectivity index (χ4n) is 4.42. The lowest BCUT2D eigenvalue weighted by Crippen LogP contribution is -2.50. The van der Waals surface area contributed by atoms with Gasteiger partial charge in [0.1, 0.15) is 18.0 Å². The zero-order valence-corrected chi connectivity index (χ0v) is 23.7. The third kappa shape index (κ3) is 7.63. The molecule has 0 N–H and O–H groups in total. The summed E-state index contributed by atoms with van der Waals surface area (Å²) >= 11 is 0. The molecule has 1 heterocycles. The van der Waals surface area contributed by atoms with Gasteiger partial charge in [-0.25, -0.2) is 0 Å². The van der Waals surface area contributed by atoms with E-state index < -0.39 is 5.54 Å². The molecule has 1 aromatic heterocycles. The molecule has 2 amide bonds. The van der Waals surface area contributed by atoms with Crippen molar-refractivity contribution < 1.29 is 19.1 Å². The second-order valence-electron chi connectivity index (χ2n) is 10.9. The van der Waals surface area contributed by atoms with E-state index >= 15 is 0 Å². The highest BCUT2D eigenvalue weighted by atomic mass is 16.5. The minimum atomic E-state index is -0.440. The molecular formula is C31H41N3O4. The molecule has 0 aliphatic carbocycles. The van der Waals surface area contributed by atoms with Crippen LogP contribution >= 0.6 is 0 Å². The Morgan fingerprint density at radius 3 is 2.21 bits per heavy atom. The van der Waals surface area contributed by atoms with Gasteiger partial charge in [0.15, 0.2) is 0 Å². The van der Waals surface area contributed by atoms with E-state index in [1.165, 1.54) is 0 Å². The lowest BCUT2D eigenvalue weighted by molar-refractivity contribution is -0.137. The highest BCUT2D eigenvalue weighted by molar-refractivity contribution is 5.97. The molecule has 0 atom stereocenters. The number of hydrogen-bond donors (Lipinski definition) is 0. The van der Waals surface area contributed by atoms with Crippen molar-refractivity contribution in [2.24, 2.45) is 5.92 Å². The Kier molecular flexibility index (Phi) is 9.61. The molecule has 0 aliphatic rings. The lowest BCUT2D eigenvalue weighted by atomic mass is 10.0. The molecule has 0 fully saturated rings. The average Bonchev–Trinajstić information content (AvgIpc) is 3.32.